The zero-order chi connectivity index (χ0) is 23.2. The Labute approximate surface area is 183 Å². The number of carbonyl (C=O) groups excluding carboxylic acids is 2. The first-order valence-electron chi connectivity index (χ1n) is 9.80. The highest BCUT2D eigenvalue weighted by molar-refractivity contribution is 7.92. The standard InChI is InChI=1S/C22H29N3O5S/c1-15-10-11-16(2)20(14-15)25(31(5,28)29)17(3)21(26)24-19-9-7-6-8-18(19)22(27)23-12-13-30-4/h6-11,14,17H,12-13H2,1-5H3,(H,23,27)(H,24,26). The molecule has 9 heteroatoms. The maximum Gasteiger partial charge on any atom is 0.253 e. The molecule has 0 aromatic heterocycles. The van der Waals surface area contributed by atoms with E-state index in [0.717, 1.165) is 21.7 Å². The van der Waals surface area contributed by atoms with Crippen LogP contribution in [0.15, 0.2) is 42.5 Å². The molecule has 0 saturated heterocycles. The molecule has 2 N–H and O–H groups in total. The third-order valence-electron chi connectivity index (χ3n) is 4.71. The summed E-state index contributed by atoms with van der Waals surface area (Å²) in [7, 11) is -2.22. The first kappa shape index (κ1) is 24.4. The zero-order valence-corrected chi connectivity index (χ0v) is 19.2. The molecule has 0 aliphatic carbocycles. The Balaban J connectivity index is 2.32. The Morgan fingerprint density at radius 3 is 2.45 bits per heavy atom. The van der Waals surface area contributed by atoms with Gasteiger partial charge < -0.3 is 15.4 Å². The minimum Gasteiger partial charge on any atom is -0.383 e. The smallest absolute Gasteiger partial charge is 0.253 e. The first-order chi connectivity index (χ1) is 14.6. The lowest BCUT2D eigenvalue weighted by Crippen LogP contribution is -2.46. The van der Waals surface area contributed by atoms with Crippen LogP contribution in [0.2, 0.25) is 0 Å². The van der Waals surface area contributed by atoms with E-state index in [9.17, 15) is 18.0 Å². The minimum atomic E-state index is -3.76. The number of rotatable bonds is 9. The lowest BCUT2D eigenvalue weighted by atomic mass is 10.1. The molecule has 2 aromatic carbocycles. The van der Waals surface area contributed by atoms with E-state index in [-0.39, 0.29) is 11.5 Å². The number of nitrogens with zero attached hydrogens (tertiary/aromatic N) is 1. The van der Waals surface area contributed by atoms with Crippen LogP contribution < -0.4 is 14.9 Å². The second kappa shape index (κ2) is 10.4. The van der Waals surface area contributed by atoms with Crippen molar-refractivity contribution in [3.8, 4) is 0 Å². The molecule has 0 radical (unpaired) electrons. The third-order valence-corrected chi connectivity index (χ3v) is 5.94. The molecule has 0 fully saturated rings. The maximum absolute atomic E-state index is 13.0. The van der Waals surface area contributed by atoms with Crippen LogP contribution in [0, 0.1) is 13.8 Å². The van der Waals surface area contributed by atoms with Crippen molar-refractivity contribution in [2.24, 2.45) is 0 Å². The molecule has 2 amide bonds. The van der Waals surface area contributed by atoms with Crippen LogP contribution in [0.1, 0.15) is 28.4 Å². The summed E-state index contributed by atoms with van der Waals surface area (Å²) in [5.74, 6) is -0.918. The molecule has 2 aromatic rings. The molecule has 8 nitrogen and oxygen atoms in total. The van der Waals surface area contributed by atoms with Crippen LogP contribution in [-0.2, 0) is 19.6 Å². The molecule has 0 spiro atoms. The van der Waals surface area contributed by atoms with Crippen molar-refractivity contribution in [2.45, 2.75) is 26.8 Å². The lowest BCUT2D eigenvalue weighted by molar-refractivity contribution is -0.116. The minimum absolute atomic E-state index is 0.275. The number of hydrogen-bond donors (Lipinski definition) is 2. The third kappa shape index (κ3) is 6.28. The van der Waals surface area contributed by atoms with Gasteiger partial charge in [-0.3, -0.25) is 13.9 Å². The highest BCUT2D eigenvalue weighted by Crippen LogP contribution is 2.27. The van der Waals surface area contributed by atoms with Gasteiger partial charge in [0.1, 0.15) is 6.04 Å². The summed E-state index contributed by atoms with van der Waals surface area (Å²) in [6.45, 7) is 5.84. The Bertz CT molecular complexity index is 1050. The van der Waals surface area contributed by atoms with E-state index in [0.29, 0.717) is 24.5 Å². The monoisotopic (exact) mass is 447 g/mol. The number of amides is 2. The van der Waals surface area contributed by atoms with Crippen LogP contribution >= 0.6 is 0 Å². The molecule has 2 rings (SSSR count). The fraction of sp³-hybridized carbons (Fsp3) is 0.364. The summed E-state index contributed by atoms with van der Waals surface area (Å²) in [5, 5.41) is 5.41. The van der Waals surface area contributed by atoms with E-state index in [1.54, 1.807) is 37.3 Å². The van der Waals surface area contributed by atoms with Crippen molar-refractivity contribution in [1.29, 1.82) is 0 Å². The van der Waals surface area contributed by atoms with Gasteiger partial charge in [-0.1, -0.05) is 24.3 Å². The van der Waals surface area contributed by atoms with Crippen molar-refractivity contribution in [2.75, 3.05) is 36.1 Å². The summed E-state index contributed by atoms with van der Waals surface area (Å²) in [5.41, 5.74) is 2.62. The first-order valence-corrected chi connectivity index (χ1v) is 11.6. The summed E-state index contributed by atoms with van der Waals surface area (Å²) < 4.78 is 31.2. The summed E-state index contributed by atoms with van der Waals surface area (Å²) >= 11 is 0. The lowest BCUT2D eigenvalue weighted by Gasteiger charge is -2.30. The molecule has 0 bridgehead atoms. The van der Waals surface area contributed by atoms with Gasteiger partial charge in [-0.15, -0.1) is 0 Å². The summed E-state index contributed by atoms with van der Waals surface area (Å²) in [6, 6.07) is 10.9. The van der Waals surface area contributed by atoms with Crippen LogP contribution in [0.3, 0.4) is 0 Å². The maximum atomic E-state index is 13.0. The molecule has 1 atom stereocenters. The largest absolute Gasteiger partial charge is 0.383 e. The summed E-state index contributed by atoms with van der Waals surface area (Å²) in [6.07, 6.45) is 1.07. The van der Waals surface area contributed by atoms with Gasteiger partial charge in [-0.25, -0.2) is 8.42 Å². The van der Waals surface area contributed by atoms with E-state index < -0.39 is 22.0 Å². The van der Waals surface area contributed by atoms with E-state index in [1.807, 2.05) is 19.1 Å². The number of aryl methyl sites for hydroxylation is 2. The Morgan fingerprint density at radius 1 is 1.13 bits per heavy atom. The Kier molecular flexibility index (Phi) is 8.18. The van der Waals surface area contributed by atoms with Gasteiger partial charge in [0, 0.05) is 13.7 Å². The van der Waals surface area contributed by atoms with Gasteiger partial charge in [0.25, 0.3) is 5.91 Å². The van der Waals surface area contributed by atoms with Gasteiger partial charge in [-0.2, -0.15) is 0 Å². The topological polar surface area (TPSA) is 105 Å². The molecule has 168 valence electrons. The molecule has 31 heavy (non-hydrogen) atoms. The van der Waals surface area contributed by atoms with Gasteiger partial charge in [0.15, 0.2) is 0 Å². The van der Waals surface area contributed by atoms with Crippen molar-refractivity contribution in [3.63, 3.8) is 0 Å². The van der Waals surface area contributed by atoms with Crippen molar-refractivity contribution in [1.82, 2.24) is 5.32 Å². The number of carbonyl (C=O) groups is 2. The Morgan fingerprint density at radius 2 is 1.81 bits per heavy atom. The number of ether oxygens (including phenoxy) is 1. The quantitative estimate of drug-likeness (QED) is 0.575. The number of hydrogen-bond acceptors (Lipinski definition) is 5. The number of para-hydroxylation sites is 1. The van der Waals surface area contributed by atoms with Crippen molar-refractivity contribution < 1.29 is 22.7 Å². The molecular weight excluding hydrogens is 418 g/mol. The van der Waals surface area contributed by atoms with Crippen LogP contribution in [0.25, 0.3) is 0 Å². The number of methoxy groups -OCH3 is 1. The average molecular weight is 448 g/mol. The van der Waals surface area contributed by atoms with Crippen LogP contribution in [-0.4, -0.2) is 52.8 Å². The molecule has 1 unspecified atom stereocenters. The highest BCUT2D eigenvalue weighted by atomic mass is 32.2. The second-order valence-corrected chi connectivity index (χ2v) is 9.17. The van der Waals surface area contributed by atoms with E-state index in [4.69, 9.17) is 4.74 Å². The zero-order valence-electron chi connectivity index (χ0n) is 18.4. The normalized spacial score (nSPS) is 12.2. The fourth-order valence-electron chi connectivity index (χ4n) is 3.13. The van der Waals surface area contributed by atoms with Gasteiger partial charge in [0.2, 0.25) is 15.9 Å². The molecule has 0 aliphatic heterocycles. The number of anilines is 2. The van der Waals surface area contributed by atoms with Crippen molar-refractivity contribution >= 4 is 33.2 Å². The van der Waals surface area contributed by atoms with E-state index in [2.05, 4.69) is 10.6 Å². The SMILES string of the molecule is COCCNC(=O)c1ccccc1NC(=O)C(C)N(c1cc(C)ccc1C)S(C)(=O)=O. The van der Waals surface area contributed by atoms with Gasteiger partial charge in [-0.05, 0) is 50.1 Å². The van der Waals surface area contributed by atoms with E-state index >= 15 is 0 Å². The van der Waals surface area contributed by atoms with Gasteiger partial charge >= 0.3 is 0 Å². The predicted octanol–water partition coefficient (Wildman–Crippen LogP) is 2.47. The number of benzene rings is 2. The predicted molar refractivity (Wildman–Crippen MR) is 122 cm³/mol. The van der Waals surface area contributed by atoms with E-state index in [1.165, 1.54) is 14.0 Å². The number of sulfonamides is 1. The highest BCUT2D eigenvalue weighted by Gasteiger charge is 2.30. The molecule has 0 saturated carbocycles. The molecule has 0 aliphatic rings. The fourth-order valence-corrected chi connectivity index (χ4v) is 4.35. The molecular formula is C22H29N3O5S. The number of nitrogens with one attached hydrogen (secondary N) is 2. The summed E-state index contributed by atoms with van der Waals surface area (Å²) in [4.78, 5) is 25.5. The van der Waals surface area contributed by atoms with Crippen molar-refractivity contribution in [3.05, 3.63) is 59.2 Å². The van der Waals surface area contributed by atoms with Gasteiger partial charge in [0.05, 0.1) is 29.8 Å². The second-order valence-electron chi connectivity index (χ2n) is 7.31. The Hall–Kier alpha value is -2.91. The van der Waals surface area contributed by atoms with Crippen LogP contribution in [0.4, 0.5) is 11.4 Å². The van der Waals surface area contributed by atoms with Crippen LogP contribution in [0.5, 0.6) is 0 Å². The molecule has 0 heterocycles. The average Bonchev–Trinajstić information content (AvgIpc) is 2.70.